The summed E-state index contributed by atoms with van der Waals surface area (Å²) in [6.45, 7) is -0.183. The number of halogens is 4. The van der Waals surface area contributed by atoms with E-state index in [9.17, 15) is 32.3 Å². The van der Waals surface area contributed by atoms with Crippen molar-refractivity contribution < 1.29 is 32.2 Å². The molecule has 1 aromatic heterocycles. The van der Waals surface area contributed by atoms with E-state index in [2.05, 4.69) is 20.0 Å². The molecule has 0 radical (unpaired) electrons. The molecule has 1 aromatic carbocycles. The van der Waals surface area contributed by atoms with Gasteiger partial charge in [0.25, 0.3) is 11.5 Å². The van der Waals surface area contributed by atoms with Crippen LogP contribution in [0, 0.1) is 0 Å². The molecule has 1 aliphatic heterocycles. The zero-order valence-corrected chi connectivity index (χ0v) is 15.4. The third kappa shape index (κ3) is 5.47. The highest BCUT2D eigenvalue weighted by atomic mass is 19.4. The molecule has 12 heteroatoms. The molecule has 2 aromatic rings. The van der Waals surface area contributed by atoms with E-state index < -0.39 is 42.4 Å². The number of ether oxygens (including phenoxy) is 1. The lowest BCUT2D eigenvalue weighted by Gasteiger charge is -2.19. The van der Waals surface area contributed by atoms with E-state index >= 15 is 0 Å². The summed E-state index contributed by atoms with van der Waals surface area (Å²) in [7, 11) is 0. The van der Waals surface area contributed by atoms with Crippen molar-refractivity contribution in [2.45, 2.75) is 25.0 Å². The number of aromatic nitrogens is 2. The molecule has 3 N–H and O–H groups in total. The van der Waals surface area contributed by atoms with Gasteiger partial charge in [-0.1, -0.05) is 12.1 Å². The number of anilines is 1. The molecule has 2 heterocycles. The second-order valence-corrected chi connectivity index (χ2v) is 6.61. The maximum atomic E-state index is 13.4. The van der Waals surface area contributed by atoms with E-state index in [0.29, 0.717) is 12.1 Å². The molecule has 1 aliphatic rings. The van der Waals surface area contributed by atoms with Gasteiger partial charge in [-0.05, 0) is 24.1 Å². The number of alkyl halides is 4. The fraction of sp³-hybridized carbons (Fsp3) is 0.389. The number of carbonyl (C=O) groups excluding carboxylic acids is 1. The molecule has 2 atom stereocenters. The van der Waals surface area contributed by atoms with E-state index in [4.69, 9.17) is 0 Å². The summed E-state index contributed by atoms with van der Waals surface area (Å²) in [5.74, 6) is -1.18. The first-order valence-electron chi connectivity index (χ1n) is 8.92. The van der Waals surface area contributed by atoms with Crippen LogP contribution in [0.4, 0.5) is 23.5 Å². The highest BCUT2D eigenvalue weighted by Crippen LogP contribution is 2.24. The van der Waals surface area contributed by atoms with Crippen LogP contribution in [0.5, 0.6) is 5.75 Å². The third-order valence-corrected chi connectivity index (χ3v) is 4.40. The Hall–Kier alpha value is -3.15. The molecule has 1 unspecified atom stereocenters. The van der Waals surface area contributed by atoms with Gasteiger partial charge in [-0.15, -0.1) is 13.2 Å². The molecule has 162 valence electrons. The summed E-state index contributed by atoms with van der Waals surface area (Å²) >= 11 is 0. The summed E-state index contributed by atoms with van der Waals surface area (Å²) in [4.78, 5) is 32.4. The molecule has 3 rings (SSSR count). The van der Waals surface area contributed by atoms with Crippen LogP contribution in [-0.4, -0.2) is 53.2 Å². The van der Waals surface area contributed by atoms with Gasteiger partial charge in [-0.3, -0.25) is 14.6 Å². The van der Waals surface area contributed by atoms with Gasteiger partial charge >= 0.3 is 6.36 Å². The molecule has 0 bridgehead atoms. The number of carbonyl (C=O) groups is 1. The van der Waals surface area contributed by atoms with Crippen molar-refractivity contribution in [3.63, 3.8) is 0 Å². The minimum atomic E-state index is -4.84. The largest absolute Gasteiger partial charge is 0.573 e. The number of rotatable bonds is 6. The van der Waals surface area contributed by atoms with Crippen LogP contribution in [0.15, 0.2) is 35.1 Å². The van der Waals surface area contributed by atoms with Crippen LogP contribution in [0.25, 0.3) is 0 Å². The Morgan fingerprint density at radius 3 is 2.63 bits per heavy atom. The number of hydrogen-bond acceptors (Lipinski definition) is 6. The standard InChI is InChI=1S/C18H18F4N4O4/c19-11-5-6-26(8-11)17-24-13(7-15(28)25-17)16(29)23-14(9-27)10-1-3-12(4-2-10)30-18(20,21)22/h1-4,7,11,14,27H,5-6,8-9H2,(H,23,29)(H,24,25,28)/t11-,14?/m1/s1. The van der Waals surface area contributed by atoms with Crippen LogP contribution >= 0.6 is 0 Å². The number of aromatic amines is 1. The van der Waals surface area contributed by atoms with Gasteiger partial charge in [0.1, 0.15) is 17.6 Å². The quantitative estimate of drug-likeness (QED) is 0.602. The van der Waals surface area contributed by atoms with Crippen molar-refractivity contribution in [2.75, 3.05) is 24.6 Å². The highest BCUT2D eigenvalue weighted by molar-refractivity contribution is 5.92. The number of aliphatic hydroxyl groups excluding tert-OH is 1. The zero-order valence-electron chi connectivity index (χ0n) is 15.4. The zero-order chi connectivity index (χ0) is 21.9. The van der Waals surface area contributed by atoms with Crippen molar-refractivity contribution in [3.8, 4) is 5.75 Å². The van der Waals surface area contributed by atoms with Crippen molar-refractivity contribution in [1.29, 1.82) is 0 Å². The van der Waals surface area contributed by atoms with Gasteiger partial charge in [-0.2, -0.15) is 0 Å². The Bertz CT molecular complexity index is 948. The second-order valence-electron chi connectivity index (χ2n) is 6.61. The van der Waals surface area contributed by atoms with Crippen LogP contribution in [-0.2, 0) is 0 Å². The molecule has 1 fully saturated rings. The lowest BCUT2D eigenvalue weighted by Crippen LogP contribution is -2.33. The first-order chi connectivity index (χ1) is 14.1. The second kappa shape index (κ2) is 8.69. The Kier molecular flexibility index (Phi) is 6.25. The van der Waals surface area contributed by atoms with Crippen molar-refractivity contribution in [2.24, 2.45) is 0 Å². The smallest absolute Gasteiger partial charge is 0.406 e. The predicted octanol–water partition coefficient (Wildman–Crippen LogP) is 1.68. The highest BCUT2D eigenvalue weighted by Gasteiger charge is 2.31. The fourth-order valence-electron chi connectivity index (χ4n) is 2.99. The number of nitrogens with zero attached hydrogens (tertiary/aromatic N) is 2. The van der Waals surface area contributed by atoms with Crippen LogP contribution in [0.1, 0.15) is 28.5 Å². The van der Waals surface area contributed by atoms with Gasteiger partial charge < -0.3 is 20.1 Å². The molecule has 8 nitrogen and oxygen atoms in total. The molecular formula is C18H18F4N4O4. The maximum absolute atomic E-state index is 13.4. The lowest BCUT2D eigenvalue weighted by molar-refractivity contribution is -0.274. The van der Waals surface area contributed by atoms with E-state index in [0.717, 1.165) is 18.2 Å². The van der Waals surface area contributed by atoms with Crippen LogP contribution < -0.4 is 20.5 Å². The number of H-pyrrole nitrogens is 1. The van der Waals surface area contributed by atoms with E-state index in [1.165, 1.54) is 17.0 Å². The fourth-order valence-corrected chi connectivity index (χ4v) is 2.99. The number of amides is 1. The lowest BCUT2D eigenvalue weighted by atomic mass is 10.1. The van der Waals surface area contributed by atoms with Gasteiger partial charge in [-0.25, -0.2) is 9.37 Å². The molecule has 1 amide bonds. The predicted molar refractivity (Wildman–Crippen MR) is 97.0 cm³/mol. The van der Waals surface area contributed by atoms with Crippen molar-refractivity contribution >= 4 is 11.9 Å². The Morgan fingerprint density at radius 1 is 1.37 bits per heavy atom. The summed E-state index contributed by atoms with van der Waals surface area (Å²) < 4.78 is 53.9. The Labute approximate surface area is 167 Å². The molecule has 0 saturated carbocycles. The monoisotopic (exact) mass is 430 g/mol. The summed E-state index contributed by atoms with van der Waals surface area (Å²) in [5, 5.41) is 12.0. The maximum Gasteiger partial charge on any atom is 0.573 e. The van der Waals surface area contributed by atoms with Crippen LogP contribution in [0.2, 0.25) is 0 Å². The van der Waals surface area contributed by atoms with Crippen molar-refractivity contribution in [3.05, 3.63) is 51.9 Å². The topological polar surface area (TPSA) is 108 Å². The van der Waals surface area contributed by atoms with E-state index in [1.807, 2.05) is 0 Å². The average Bonchev–Trinajstić information content (AvgIpc) is 3.11. The number of benzene rings is 1. The van der Waals surface area contributed by atoms with Gasteiger partial charge in [0.2, 0.25) is 5.95 Å². The summed E-state index contributed by atoms with van der Waals surface area (Å²) in [6, 6.07) is 4.58. The first kappa shape index (κ1) is 21.6. The van der Waals surface area contributed by atoms with E-state index in [1.54, 1.807) is 0 Å². The van der Waals surface area contributed by atoms with Gasteiger partial charge in [0.15, 0.2) is 0 Å². The van der Waals surface area contributed by atoms with E-state index in [-0.39, 0.29) is 24.6 Å². The first-order valence-corrected chi connectivity index (χ1v) is 8.92. The molecular weight excluding hydrogens is 412 g/mol. The molecule has 0 aliphatic carbocycles. The Balaban J connectivity index is 1.74. The number of nitrogens with one attached hydrogen (secondary N) is 2. The van der Waals surface area contributed by atoms with Gasteiger partial charge in [0, 0.05) is 12.6 Å². The summed E-state index contributed by atoms with van der Waals surface area (Å²) in [5.41, 5.74) is -0.543. The summed E-state index contributed by atoms with van der Waals surface area (Å²) in [6.07, 6.45) is -5.62. The molecule has 1 saturated heterocycles. The molecule has 0 spiro atoms. The number of aliphatic hydroxyl groups is 1. The average molecular weight is 430 g/mol. The van der Waals surface area contributed by atoms with Crippen molar-refractivity contribution in [1.82, 2.24) is 15.3 Å². The normalized spacial score (nSPS) is 17.6. The molecule has 30 heavy (non-hydrogen) atoms. The third-order valence-electron chi connectivity index (χ3n) is 4.40. The minimum Gasteiger partial charge on any atom is -0.406 e. The number of hydrogen-bond donors (Lipinski definition) is 3. The minimum absolute atomic E-state index is 0.0413. The van der Waals surface area contributed by atoms with Gasteiger partial charge in [0.05, 0.1) is 19.2 Å². The Morgan fingerprint density at radius 2 is 2.07 bits per heavy atom. The van der Waals surface area contributed by atoms with Crippen LogP contribution in [0.3, 0.4) is 0 Å². The SMILES string of the molecule is O=C(NC(CO)c1ccc(OC(F)(F)F)cc1)c1cc(=O)[nH]c(N2CC[C@@H](F)C2)n1.